The Morgan fingerprint density at radius 2 is 2.03 bits per heavy atom. The van der Waals surface area contributed by atoms with E-state index in [0.717, 1.165) is 21.1 Å². The second-order valence-electron chi connectivity index (χ2n) is 6.62. The number of amides is 2. The lowest BCUT2D eigenvalue weighted by Gasteiger charge is -2.34. The first-order valence-corrected chi connectivity index (χ1v) is 9.52. The standard InChI is InChI=1S/C19H18N2O7S/c1-26-8-3-4-9-10(5-8)17(23)21(16(9)22)18(27-2)12-6-11-13(7-28-12)29-15(20)14(11)19(24)25/h3-5,12,18H,6-7,20H2,1-2H3,(H,24,25). The highest BCUT2D eigenvalue weighted by Crippen LogP contribution is 2.38. The van der Waals surface area contributed by atoms with Gasteiger partial charge in [-0.1, -0.05) is 0 Å². The van der Waals surface area contributed by atoms with Crippen molar-refractivity contribution < 1.29 is 33.7 Å². The van der Waals surface area contributed by atoms with E-state index >= 15 is 0 Å². The normalized spacial score (nSPS) is 19.1. The number of nitrogens with zero attached hydrogens (tertiary/aromatic N) is 1. The number of anilines is 1. The van der Waals surface area contributed by atoms with Crippen LogP contribution >= 0.6 is 11.3 Å². The molecule has 0 bridgehead atoms. The summed E-state index contributed by atoms with van der Waals surface area (Å²) in [4.78, 5) is 39.2. The zero-order chi connectivity index (χ0) is 20.9. The molecule has 2 atom stereocenters. The topological polar surface area (TPSA) is 128 Å². The molecule has 0 fully saturated rings. The Hall–Kier alpha value is -2.95. The number of hydrogen-bond acceptors (Lipinski definition) is 8. The average molecular weight is 418 g/mol. The Morgan fingerprint density at radius 1 is 1.31 bits per heavy atom. The van der Waals surface area contributed by atoms with Crippen LogP contribution in [0.15, 0.2) is 18.2 Å². The van der Waals surface area contributed by atoms with Crippen LogP contribution in [0.1, 0.15) is 41.5 Å². The third-order valence-electron chi connectivity index (χ3n) is 5.10. The summed E-state index contributed by atoms with van der Waals surface area (Å²) in [7, 11) is 2.84. The zero-order valence-corrected chi connectivity index (χ0v) is 16.4. The van der Waals surface area contributed by atoms with Crippen LogP contribution in [0.5, 0.6) is 5.75 Å². The Morgan fingerprint density at radius 3 is 2.69 bits per heavy atom. The van der Waals surface area contributed by atoms with E-state index in [4.69, 9.17) is 19.9 Å². The molecule has 10 heteroatoms. The van der Waals surface area contributed by atoms with Crippen molar-refractivity contribution in [3.05, 3.63) is 45.3 Å². The molecule has 2 aliphatic rings. The predicted octanol–water partition coefficient (Wildman–Crippen LogP) is 1.75. The van der Waals surface area contributed by atoms with Gasteiger partial charge in [0.25, 0.3) is 11.8 Å². The van der Waals surface area contributed by atoms with E-state index in [1.165, 1.54) is 26.4 Å². The van der Waals surface area contributed by atoms with E-state index in [-0.39, 0.29) is 34.7 Å². The van der Waals surface area contributed by atoms with Gasteiger partial charge in [0.15, 0.2) is 6.23 Å². The highest BCUT2D eigenvalue weighted by atomic mass is 32.1. The van der Waals surface area contributed by atoms with Gasteiger partial charge >= 0.3 is 5.97 Å². The molecular weight excluding hydrogens is 400 g/mol. The van der Waals surface area contributed by atoms with E-state index < -0.39 is 30.1 Å². The van der Waals surface area contributed by atoms with Crippen molar-refractivity contribution in [2.24, 2.45) is 0 Å². The second kappa shape index (κ2) is 7.14. The summed E-state index contributed by atoms with van der Waals surface area (Å²) < 4.78 is 16.4. The molecule has 152 valence electrons. The maximum absolute atomic E-state index is 12.9. The number of benzene rings is 1. The van der Waals surface area contributed by atoms with Gasteiger partial charge in [0.05, 0.1) is 30.4 Å². The molecule has 0 radical (unpaired) electrons. The minimum absolute atomic E-state index is 0.0419. The number of fused-ring (bicyclic) bond motifs is 2. The molecule has 4 rings (SSSR count). The third-order valence-corrected chi connectivity index (χ3v) is 6.14. The van der Waals surface area contributed by atoms with E-state index in [0.29, 0.717) is 11.3 Å². The number of carboxylic acids is 1. The van der Waals surface area contributed by atoms with Crippen molar-refractivity contribution in [1.29, 1.82) is 0 Å². The van der Waals surface area contributed by atoms with E-state index in [1.54, 1.807) is 6.07 Å². The van der Waals surface area contributed by atoms with Crippen LogP contribution < -0.4 is 10.5 Å². The van der Waals surface area contributed by atoms with Crippen LogP contribution in [0.2, 0.25) is 0 Å². The first kappa shape index (κ1) is 19.4. The number of carbonyl (C=O) groups excluding carboxylic acids is 2. The molecule has 2 unspecified atom stereocenters. The number of hydrogen-bond donors (Lipinski definition) is 2. The van der Waals surface area contributed by atoms with Crippen molar-refractivity contribution in [2.45, 2.75) is 25.4 Å². The lowest BCUT2D eigenvalue weighted by molar-refractivity contribution is -0.114. The molecule has 29 heavy (non-hydrogen) atoms. The van der Waals surface area contributed by atoms with Crippen molar-refractivity contribution in [3.8, 4) is 5.75 Å². The first-order chi connectivity index (χ1) is 13.9. The van der Waals surface area contributed by atoms with Gasteiger partial charge in [-0.15, -0.1) is 11.3 Å². The Labute approximate surface area is 169 Å². The molecule has 2 aromatic rings. The van der Waals surface area contributed by atoms with Crippen LogP contribution in [0, 0.1) is 0 Å². The van der Waals surface area contributed by atoms with Gasteiger partial charge in [-0.05, 0) is 23.8 Å². The number of carboxylic acid groups (broad SMARTS) is 1. The number of methoxy groups -OCH3 is 2. The first-order valence-electron chi connectivity index (χ1n) is 8.71. The number of carbonyl (C=O) groups is 3. The van der Waals surface area contributed by atoms with Crippen LogP contribution in [0.3, 0.4) is 0 Å². The van der Waals surface area contributed by atoms with Crippen LogP contribution in [0.25, 0.3) is 0 Å². The minimum Gasteiger partial charge on any atom is -0.497 e. The number of aromatic carboxylic acids is 1. The molecule has 0 saturated heterocycles. The number of nitrogen functional groups attached to an aromatic ring is 1. The molecule has 0 spiro atoms. The summed E-state index contributed by atoms with van der Waals surface area (Å²) in [5, 5.41) is 9.68. The molecule has 2 aliphatic heterocycles. The Bertz CT molecular complexity index is 1030. The summed E-state index contributed by atoms with van der Waals surface area (Å²) in [6.45, 7) is 0.124. The lowest BCUT2D eigenvalue weighted by atomic mass is 9.99. The fraction of sp³-hybridized carbons (Fsp3) is 0.316. The van der Waals surface area contributed by atoms with Gasteiger partial charge < -0.3 is 25.1 Å². The van der Waals surface area contributed by atoms with Gasteiger partial charge in [-0.2, -0.15) is 0 Å². The monoisotopic (exact) mass is 418 g/mol. The highest BCUT2D eigenvalue weighted by Gasteiger charge is 2.45. The molecule has 3 heterocycles. The number of rotatable bonds is 5. The maximum atomic E-state index is 12.9. The maximum Gasteiger partial charge on any atom is 0.338 e. The summed E-state index contributed by atoms with van der Waals surface area (Å²) >= 11 is 1.16. The highest BCUT2D eigenvalue weighted by molar-refractivity contribution is 7.16. The van der Waals surface area contributed by atoms with E-state index in [9.17, 15) is 19.5 Å². The molecule has 3 N–H and O–H groups in total. The van der Waals surface area contributed by atoms with E-state index in [1.807, 2.05) is 0 Å². The van der Waals surface area contributed by atoms with Gasteiger partial charge in [0.2, 0.25) is 0 Å². The minimum atomic E-state index is -1.12. The molecule has 9 nitrogen and oxygen atoms in total. The van der Waals surface area contributed by atoms with Crippen molar-refractivity contribution in [2.75, 3.05) is 20.0 Å². The zero-order valence-electron chi connectivity index (χ0n) is 15.6. The number of ether oxygens (including phenoxy) is 3. The van der Waals surface area contributed by atoms with Gasteiger partial charge in [-0.25, -0.2) is 9.69 Å². The van der Waals surface area contributed by atoms with Gasteiger partial charge in [-0.3, -0.25) is 9.59 Å². The predicted molar refractivity (Wildman–Crippen MR) is 102 cm³/mol. The summed E-state index contributed by atoms with van der Waals surface area (Å²) in [6, 6.07) is 4.64. The Kier molecular flexibility index (Phi) is 4.77. The van der Waals surface area contributed by atoms with Crippen LogP contribution in [-0.2, 0) is 22.5 Å². The van der Waals surface area contributed by atoms with Crippen molar-refractivity contribution >= 4 is 34.1 Å². The number of imide groups is 1. The smallest absolute Gasteiger partial charge is 0.338 e. The number of nitrogens with two attached hydrogens (primary N) is 1. The summed E-state index contributed by atoms with van der Waals surface area (Å²) in [5.41, 5.74) is 6.91. The Balaban J connectivity index is 1.66. The summed E-state index contributed by atoms with van der Waals surface area (Å²) in [5.74, 6) is -1.69. The third kappa shape index (κ3) is 2.96. The van der Waals surface area contributed by atoms with Gasteiger partial charge in [0.1, 0.15) is 16.9 Å². The van der Waals surface area contributed by atoms with Crippen molar-refractivity contribution in [1.82, 2.24) is 4.90 Å². The molecule has 0 aliphatic carbocycles. The largest absolute Gasteiger partial charge is 0.497 e. The van der Waals surface area contributed by atoms with E-state index in [2.05, 4.69) is 0 Å². The molecule has 1 aromatic carbocycles. The molecule has 2 amide bonds. The average Bonchev–Trinajstić information content (AvgIpc) is 3.16. The molecule has 1 aromatic heterocycles. The van der Waals surface area contributed by atoms with Crippen LogP contribution in [0.4, 0.5) is 5.00 Å². The second-order valence-corrected chi connectivity index (χ2v) is 7.76. The fourth-order valence-corrected chi connectivity index (χ4v) is 4.76. The number of thiophene rings is 1. The molecular formula is C19H18N2O7S. The van der Waals surface area contributed by atoms with Crippen molar-refractivity contribution in [3.63, 3.8) is 0 Å². The summed E-state index contributed by atoms with van der Waals surface area (Å²) in [6.07, 6.45) is -1.60. The fourth-order valence-electron chi connectivity index (χ4n) is 3.75. The lowest BCUT2D eigenvalue weighted by Crippen LogP contribution is -2.50. The molecule has 0 saturated carbocycles. The van der Waals surface area contributed by atoms with Gasteiger partial charge in [0, 0.05) is 18.4 Å². The quantitative estimate of drug-likeness (QED) is 0.703. The van der Waals surface area contributed by atoms with Crippen LogP contribution in [-0.4, -0.2) is 54.3 Å². The SMILES string of the molecule is COc1ccc2c(c1)C(=O)N(C(OC)C1Cc3c(sc(N)c3C(=O)O)CO1)C2=O.